The first-order valence-corrected chi connectivity index (χ1v) is 5.91. The molecule has 0 atom stereocenters. The molecule has 0 aliphatic heterocycles. The second kappa shape index (κ2) is 5.24. The number of aromatic nitrogens is 1. The third-order valence-electron chi connectivity index (χ3n) is 2.73. The van der Waals surface area contributed by atoms with Gasteiger partial charge < -0.3 is 4.74 Å². The van der Waals surface area contributed by atoms with E-state index in [4.69, 9.17) is 16.3 Å². The molecule has 0 radical (unpaired) electrons. The number of benzene rings is 1. The number of aryl methyl sites for hydroxylation is 2. The van der Waals surface area contributed by atoms with Crippen molar-refractivity contribution in [3.05, 3.63) is 56.9 Å². The van der Waals surface area contributed by atoms with Gasteiger partial charge in [-0.1, -0.05) is 17.7 Å². The van der Waals surface area contributed by atoms with E-state index >= 15 is 0 Å². The summed E-state index contributed by atoms with van der Waals surface area (Å²) in [5, 5.41) is 10.8. The van der Waals surface area contributed by atoms with Gasteiger partial charge in [-0.3, -0.25) is 10.1 Å². The Morgan fingerprint density at radius 1 is 1.26 bits per heavy atom. The quantitative estimate of drug-likeness (QED) is 0.482. The SMILES string of the molecule is Cc1ccc(Oc2ccnc(Cl)c2[N+](=O)[O-])cc1C. The number of hydrogen-bond donors (Lipinski definition) is 0. The zero-order valence-electron chi connectivity index (χ0n) is 10.4. The molecule has 0 aliphatic rings. The lowest BCUT2D eigenvalue weighted by Crippen LogP contribution is -1.96. The number of nitrogens with zero attached hydrogens (tertiary/aromatic N) is 2. The Balaban J connectivity index is 2.40. The Bertz CT molecular complexity index is 644. The average molecular weight is 279 g/mol. The summed E-state index contributed by atoms with van der Waals surface area (Å²) < 4.78 is 5.52. The second-order valence-corrected chi connectivity index (χ2v) is 4.41. The fourth-order valence-corrected chi connectivity index (χ4v) is 1.78. The smallest absolute Gasteiger partial charge is 0.348 e. The zero-order valence-corrected chi connectivity index (χ0v) is 11.1. The van der Waals surface area contributed by atoms with Crippen LogP contribution in [-0.2, 0) is 0 Å². The van der Waals surface area contributed by atoms with Crippen LogP contribution < -0.4 is 4.74 Å². The summed E-state index contributed by atoms with van der Waals surface area (Å²) >= 11 is 5.71. The molecule has 0 N–H and O–H groups in total. The number of ether oxygens (including phenoxy) is 1. The molecular formula is C13H11ClN2O3. The van der Waals surface area contributed by atoms with Gasteiger partial charge in [0.2, 0.25) is 10.9 Å². The summed E-state index contributed by atoms with van der Waals surface area (Å²) in [6.07, 6.45) is 1.37. The summed E-state index contributed by atoms with van der Waals surface area (Å²) in [6, 6.07) is 6.87. The van der Waals surface area contributed by atoms with Gasteiger partial charge in [-0.05, 0) is 37.1 Å². The van der Waals surface area contributed by atoms with Crippen LogP contribution >= 0.6 is 11.6 Å². The van der Waals surface area contributed by atoms with Crippen LogP contribution in [0.1, 0.15) is 11.1 Å². The van der Waals surface area contributed by atoms with Crippen molar-refractivity contribution in [3.8, 4) is 11.5 Å². The third-order valence-corrected chi connectivity index (χ3v) is 3.01. The van der Waals surface area contributed by atoms with E-state index in [1.54, 1.807) is 6.07 Å². The molecule has 0 saturated heterocycles. The maximum absolute atomic E-state index is 11.0. The minimum atomic E-state index is -0.605. The minimum absolute atomic E-state index is 0.0771. The Morgan fingerprint density at radius 2 is 2.00 bits per heavy atom. The average Bonchev–Trinajstić information content (AvgIpc) is 2.33. The predicted octanol–water partition coefficient (Wildman–Crippen LogP) is 4.05. The van der Waals surface area contributed by atoms with Crippen LogP contribution in [0.4, 0.5) is 5.69 Å². The van der Waals surface area contributed by atoms with Crippen LogP contribution in [0.25, 0.3) is 0 Å². The molecule has 0 amide bonds. The molecule has 1 heterocycles. The van der Waals surface area contributed by atoms with E-state index in [-0.39, 0.29) is 16.6 Å². The van der Waals surface area contributed by atoms with Gasteiger partial charge in [0.15, 0.2) is 0 Å². The number of hydrogen-bond acceptors (Lipinski definition) is 4. The van der Waals surface area contributed by atoms with E-state index in [0.29, 0.717) is 5.75 Å². The summed E-state index contributed by atoms with van der Waals surface area (Å²) in [6.45, 7) is 3.92. The molecular weight excluding hydrogens is 268 g/mol. The molecule has 1 aromatic carbocycles. The molecule has 0 unspecified atom stereocenters. The van der Waals surface area contributed by atoms with Crippen LogP contribution in [0, 0.1) is 24.0 Å². The Labute approximate surface area is 115 Å². The molecule has 0 spiro atoms. The van der Waals surface area contributed by atoms with Gasteiger partial charge >= 0.3 is 5.69 Å². The van der Waals surface area contributed by atoms with Gasteiger partial charge in [0.25, 0.3) is 0 Å². The van der Waals surface area contributed by atoms with E-state index in [1.807, 2.05) is 26.0 Å². The summed E-state index contributed by atoms with van der Waals surface area (Å²) in [5.74, 6) is 0.599. The van der Waals surface area contributed by atoms with Crippen molar-refractivity contribution in [2.75, 3.05) is 0 Å². The zero-order chi connectivity index (χ0) is 14.0. The van der Waals surface area contributed by atoms with Crippen molar-refractivity contribution in [1.29, 1.82) is 0 Å². The molecule has 2 rings (SSSR count). The van der Waals surface area contributed by atoms with Gasteiger partial charge in [-0.2, -0.15) is 0 Å². The maximum Gasteiger partial charge on any atom is 0.348 e. The highest BCUT2D eigenvalue weighted by Crippen LogP contribution is 2.35. The van der Waals surface area contributed by atoms with Gasteiger partial charge in [0, 0.05) is 12.3 Å². The van der Waals surface area contributed by atoms with E-state index < -0.39 is 4.92 Å². The van der Waals surface area contributed by atoms with Gasteiger partial charge in [0.1, 0.15) is 5.75 Å². The molecule has 0 fully saturated rings. The Morgan fingerprint density at radius 3 is 2.63 bits per heavy atom. The number of pyridine rings is 1. The summed E-state index contributed by atoms with van der Waals surface area (Å²) in [7, 11) is 0. The molecule has 5 nitrogen and oxygen atoms in total. The van der Waals surface area contributed by atoms with Crippen molar-refractivity contribution in [2.45, 2.75) is 13.8 Å². The van der Waals surface area contributed by atoms with Crippen molar-refractivity contribution in [3.63, 3.8) is 0 Å². The van der Waals surface area contributed by atoms with Crippen LogP contribution in [-0.4, -0.2) is 9.91 Å². The monoisotopic (exact) mass is 278 g/mol. The fourth-order valence-electron chi connectivity index (χ4n) is 1.56. The fraction of sp³-hybridized carbons (Fsp3) is 0.154. The highest BCUT2D eigenvalue weighted by molar-refractivity contribution is 6.31. The second-order valence-electron chi connectivity index (χ2n) is 4.05. The largest absolute Gasteiger partial charge is 0.450 e. The number of rotatable bonds is 3. The van der Waals surface area contributed by atoms with Gasteiger partial charge in [-0.15, -0.1) is 0 Å². The highest BCUT2D eigenvalue weighted by atomic mass is 35.5. The standard InChI is InChI=1S/C13H11ClN2O3/c1-8-3-4-10(7-9(8)2)19-11-5-6-15-13(14)12(11)16(17)18/h3-7H,1-2H3. The Kier molecular flexibility index (Phi) is 3.66. The molecule has 0 bridgehead atoms. The lowest BCUT2D eigenvalue weighted by molar-refractivity contribution is -0.385. The number of halogens is 1. The van der Waals surface area contributed by atoms with Gasteiger partial charge in [-0.25, -0.2) is 4.98 Å². The van der Waals surface area contributed by atoms with Crippen molar-refractivity contribution < 1.29 is 9.66 Å². The molecule has 6 heteroatoms. The van der Waals surface area contributed by atoms with E-state index in [9.17, 15) is 10.1 Å². The summed E-state index contributed by atoms with van der Waals surface area (Å²) in [4.78, 5) is 14.0. The predicted molar refractivity (Wildman–Crippen MR) is 71.9 cm³/mol. The van der Waals surface area contributed by atoms with Crippen LogP contribution in [0.3, 0.4) is 0 Å². The Hall–Kier alpha value is -2.14. The van der Waals surface area contributed by atoms with Crippen LogP contribution in [0.2, 0.25) is 5.15 Å². The normalized spacial score (nSPS) is 10.3. The summed E-state index contributed by atoms with van der Waals surface area (Å²) in [5.41, 5.74) is 1.83. The first-order valence-electron chi connectivity index (χ1n) is 5.53. The van der Waals surface area contributed by atoms with E-state index in [0.717, 1.165) is 11.1 Å². The molecule has 19 heavy (non-hydrogen) atoms. The van der Waals surface area contributed by atoms with Crippen molar-refractivity contribution >= 4 is 17.3 Å². The minimum Gasteiger partial charge on any atom is -0.450 e. The molecule has 0 aliphatic carbocycles. The van der Waals surface area contributed by atoms with Crippen LogP contribution in [0.5, 0.6) is 11.5 Å². The van der Waals surface area contributed by atoms with E-state index in [2.05, 4.69) is 4.98 Å². The maximum atomic E-state index is 11.0. The third kappa shape index (κ3) is 2.82. The first-order chi connectivity index (χ1) is 8.99. The van der Waals surface area contributed by atoms with E-state index in [1.165, 1.54) is 12.3 Å². The first kappa shape index (κ1) is 13.3. The lowest BCUT2D eigenvalue weighted by atomic mass is 10.1. The van der Waals surface area contributed by atoms with Crippen molar-refractivity contribution in [1.82, 2.24) is 4.98 Å². The topological polar surface area (TPSA) is 65.3 Å². The molecule has 0 saturated carbocycles. The highest BCUT2D eigenvalue weighted by Gasteiger charge is 2.21. The van der Waals surface area contributed by atoms with Gasteiger partial charge in [0.05, 0.1) is 4.92 Å². The molecule has 1 aromatic heterocycles. The van der Waals surface area contributed by atoms with Crippen molar-refractivity contribution in [2.24, 2.45) is 0 Å². The lowest BCUT2D eigenvalue weighted by Gasteiger charge is -2.08. The molecule has 2 aromatic rings. The van der Waals surface area contributed by atoms with Crippen LogP contribution in [0.15, 0.2) is 30.5 Å². The molecule has 98 valence electrons. The number of nitro groups is 1.